The summed E-state index contributed by atoms with van der Waals surface area (Å²) in [6.45, 7) is 3.46. The van der Waals surface area contributed by atoms with Crippen LogP contribution in [0.2, 0.25) is 0 Å². The molecule has 2 rings (SSSR count). The Morgan fingerprint density at radius 1 is 1.44 bits per heavy atom. The summed E-state index contributed by atoms with van der Waals surface area (Å²) in [5.41, 5.74) is 1.98. The van der Waals surface area contributed by atoms with Crippen molar-refractivity contribution in [2.75, 3.05) is 7.05 Å². The molecule has 0 aliphatic rings. The van der Waals surface area contributed by atoms with Gasteiger partial charge in [0.1, 0.15) is 0 Å². The van der Waals surface area contributed by atoms with E-state index in [1.165, 1.54) is 16.7 Å². The smallest absolute Gasteiger partial charge is 0.372 e. The van der Waals surface area contributed by atoms with Gasteiger partial charge in [0.05, 0.1) is 6.26 Å². The fraction of sp³-hybridized carbons (Fsp3) is 0.308. The minimum atomic E-state index is -1.02. The Hall–Kier alpha value is -1.59. The molecule has 2 aromatic rings. The fourth-order valence-electron chi connectivity index (χ4n) is 1.81. The highest BCUT2D eigenvalue weighted by Gasteiger charge is 2.15. The second-order valence-electron chi connectivity index (χ2n) is 4.28. The SMILES string of the molecule is Cc1ccsc1CN(C)Cc1ccoc1C(=O)O. The van der Waals surface area contributed by atoms with Crippen molar-refractivity contribution in [2.45, 2.75) is 20.0 Å². The van der Waals surface area contributed by atoms with Crippen LogP contribution in [0.4, 0.5) is 0 Å². The third-order valence-electron chi connectivity index (χ3n) is 2.76. The summed E-state index contributed by atoms with van der Waals surface area (Å²) in [6.07, 6.45) is 1.42. The first-order valence-corrected chi connectivity index (χ1v) is 6.47. The Labute approximate surface area is 109 Å². The van der Waals surface area contributed by atoms with Crippen LogP contribution in [0.3, 0.4) is 0 Å². The van der Waals surface area contributed by atoms with Gasteiger partial charge in [-0.2, -0.15) is 0 Å². The van der Waals surface area contributed by atoms with Crippen LogP contribution in [0.5, 0.6) is 0 Å². The van der Waals surface area contributed by atoms with E-state index in [0.717, 1.165) is 6.54 Å². The summed E-state index contributed by atoms with van der Waals surface area (Å²) < 4.78 is 4.96. The van der Waals surface area contributed by atoms with E-state index in [9.17, 15) is 4.79 Å². The fourth-order valence-corrected chi connectivity index (χ4v) is 2.79. The van der Waals surface area contributed by atoms with Crippen LogP contribution in [0.25, 0.3) is 0 Å². The molecule has 0 radical (unpaired) electrons. The van der Waals surface area contributed by atoms with E-state index in [1.54, 1.807) is 17.4 Å². The second kappa shape index (κ2) is 5.37. The first kappa shape index (κ1) is 12.9. The quantitative estimate of drug-likeness (QED) is 0.903. The number of carbonyl (C=O) groups is 1. The number of rotatable bonds is 5. The molecule has 0 saturated carbocycles. The Morgan fingerprint density at radius 2 is 2.22 bits per heavy atom. The number of hydrogen-bond donors (Lipinski definition) is 1. The van der Waals surface area contributed by atoms with E-state index in [-0.39, 0.29) is 5.76 Å². The maximum absolute atomic E-state index is 10.9. The molecule has 4 nitrogen and oxygen atoms in total. The normalized spacial score (nSPS) is 11.1. The molecule has 0 aliphatic carbocycles. The summed E-state index contributed by atoms with van der Waals surface area (Å²) >= 11 is 1.72. The molecule has 5 heteroatoms. The molecule has 0 amide bonds. The Morgan fingerprint density at radius 3 is 2.83 bits per heavy atom. The zero-order chi connectivity index (χ0) is 13.1. The summed E-state index contributed by atoms with van der Waals surface area (Å²) in [7, 11) is 1.97. The Kier molecular flexibility index (Phi) is 3.84. The van der Waals surface area contributed by atoms with Crippen molar-refractivity contribution >= 4 is 17.3 Å². The number of thiophene rings is 1. The van der Waals surface area contributed by atoms with Crippen molar-refractivity contribution in [2.24, 2.45) is 0 Å². The van der Waals surface area contributed by atoms with E-state index in [2.05, 4.69) is 23.3 Å². The van der Waals surface area contributed by atoms with E-state index < -0.39 is 5.97 Å². The minimum Gasteiger partial charge on any atom is -0.475 e. The lowest BCUT2D eigenvalue weighted by Crippen LogP contribution is -2.18. The third kappa shape index (κ3) is 2.80. The number of furan rings is 1. The first-order chi connectivity index (χ1) is 8.58. The predicted octanol–water partition coefficient (Wildman–Crippen LogP) is 2.98. The van der Waals surface area contributed by atoms with Gasteiger partial charge in [-0.25, -0.2) is 4.79 Å². The minimum absolute atomic E-state index is 0.0322. The molecule has 0 aliphatic heterocycles. The van der Waals surface area contributed by atoms with Crippen LogP contribution in [0.15, 0.2) is 28.2 Å². The Balaban J connectivity index is 2.03. The number of carboxylic acid groups (broad SMARTS) is 1. The van der Waals surface area contributed by atoms with Crippen LogP contribution < -0.4 is 0 Å². The molecule has 2 heterocycles. The monoisotopic (exact) mass is 265 g/mol. The van der Waals surface area contributed by atoms with E-state index in [4.69, 9.17) is 9.52 Å². The van der Waals surface area contributed by atoms with Gasteiger partial charge in [-0.05, 0) is 37.0 Å². The Bertz CT molecular complexity index is 544. The molecule has 0 saturated heterocycles. The van der Waals surface area contributed by atoms with E-state index in [1.807, 2.05) is 7.05 Å². The van der Waals surface area contributed by atoms with Crippen molar-refractivity contribution in [1.82, 2.24) is 4.90 Å². The topological polar surface area (TPSA) is 53.7 Å². The zero-order valence-corrected chi connectivity index (χ0v) is 11.2. The highest BCUT2D eigenvalue weighted by Crippen LogP contribution is 2.19. The van der Waals surface area contributed by atoms with Crippen molar-refractivity contribution in [3.05, 3.63) is 45.5 Å². The van der Waals surface area contributed by atoms with E-state index >= 15 is 0 Å². The number of nitrogens with zero attached hydrogens (tertiary/aromatic N) is 1. The van der Waals surface area contributed by atoms with Crippen LogP contribution in [0, 0.1) is 6.92 Å². The molecule has 96 valence electrons. The van der Waals surface area contributed by atoms with Crippen LogP contribution in [-0.4, -0.2) is 23.0 Å². The molecule has 0 unspecified atom stereocenters. The zero-order valence-electron chi connectivity index (χ0n) is 10.3. The molecule has 0 fully saturated rings. The largest absolute Gasteiger partial charge is 0.475 e. The average molecular weight is 265 g/mol. The molecular formula is C13H15NO3S. The van der Waals surface area contributed by atoms with Gasteiger partial charge in [-0.15, -0.1) is 11.3 Å². The van der Waals surface area contributed by atoms with Crippen molar-refractivity contribution < 1.29 is 14.3 Å². The number of carboxylic acids is 1. The summed E-state index contributed by atoms with van der Waals surface area (Å²) in [6, 6.07) is 3.80. The lowest BCUT2D eigenvalue weighted by Gasteiger charge is -2.15. The van der Waals surface area contributed by atoms with Crippen LogP contribution in [0.1, 0.15) is 26.6 Å². The summed E-state index contributed by atoms with van der Waals surface area (Å²) in [5.74, 6) is -0.986. The van der Waals surface area contributed by atoms with Gasteiger partial charge in [0.25, 0.3) is 0 Å². The average Bonchev–Trinajstić information content (AvgIpc) is 2.89. The van der Waals surface area contributed by atoms with Crippen LogP contribution in [-0.2, 0) is 13.1 Å². The maximum Gasteiger partial charge on any atom is 0.372 e. The van der Waals surface area contributed by atoms with Gasteiger partial charge in [-0.1, -0.05) is 0 Å². The van der Waals surface area contributed by atoms with Gasteiger partial charge in [-0.3, -0.25) is 4.90 Å². The molecule has 2 aromatic heterocycles. The van der Waals surface area contributed by atoms with Crippen LogP contribution >= 0.6 is 11.3 Å². The molecular weight excluding hydrogens is 250 g/mol. The maximum atomic E-state index is 10.9. The molecule has 0 atom stereocenters. The highest BCUT2D eigenvalue weighted by atomic mass is 32.1. The lowest BCUT2D eigenvalue weighted by atomic mass is 10.2. The number of aromatic carboxylic acids is 1. The van der Waals surface area contributed by atoms with Crippen molar-refractivity contribution in [3.63, 3.8) is 0 Å². The summed E-state index contributed by atoms with van der Waals surface area (Å²) in [5, 5.41) is 11.0. The van der Waals surface area contributed by atoms with Crippen molar-refractivity contribution in [1.29, 1.82) is 0 Å². The number of hydrogen-bond acceptors (Lipinski definition) is 4. The molecule has 0 spiro atoms. The number of aryl methyl sites for hydroxylation is 1. The van der Waals surface area contributed by atoms with Gasteiger partial charge < -0.3 is 9.52 Å². The summed E-state index contributed by atoms with van der Waals surface area (Å²) in [4.78, 5) is 14.3. The van der Waals surface area contributed by atoms with Gasteiger partial charge >= 0.3 is 5.97 Å². The third-order valence-corrected chi connectivity index (χ3v) is 3.77. The second-order valence-corrected chi connectivity index (χ2v) is 5.28. The molecule has 18 heavy (non-hydrogen) atoms. The molecule has 0 bridgehead atoms. The van der Waals surface area contributed by atoms with Gasteiger partial charge in [0, 0.05) is 23.5 Å². The van der Waals surface area contributed by atoms with Gasteiger partial charge in [0.15, 0.2) is 0 Å². The molecule has 0 aromatic carbocycles. The first-order valence-electron chi connectivity index (χ1n) is 5.59. The van der Waals surface area contributed by atoms with Gasteiger partial charge in [0.2, 0.25) is 5.76 Å². The standard InChI is InChI=1S/C13H15NO3S/c1-9-4-6-18-11(9)8-14(2)7-10-3-5-17-12(10)13(15)16/h3-6H,7-8H2,1-2H3,(H,15,16). The van der Waals surface area contributed by atoms with E-state index in [0.29, 0.717) is 12.1 Å². The van der Waals surface area contributed by atoms with Crippen molar-refractivity contribution in [3.8, 4) is 0 Å². The molecule has 1 N–H and O–H groups in total. The predicted molar refractivity (Wildman–Crippen MR) is 69.9 cm³/mol. The highest BCUT2D eigenvalue weighted by molar-refractivity contribution is 7.10. The lowest BCUT2D eigenvalue weighted by molar-refractivity contribution is 0.0659.